The maximum atomic E-state index is 11.9. The van der Waals surface area contributed by atoms with Crippen LogP contribution in [0.3, 0.4) is 0 Å². The molecule has 2 aromatic rings. The van der Waals surface area contributed by atoms with E-state index >= 15 is 0 Å². The average molecular weight is 331 g/mol. The molecule has 0 aliphatic rings. The Balaban J connectivity index is 1.76. The molecule has 0 unspecified atom stereocenters. The highest BCUT2D eigenvalue weighted by Crippen LogP contribution is 2.21. The molecule has 0 heterocycles. The lowest BCUT2D eigenvalue weighted by molar-refractivity contribution is -0.118. The van der Waals surface area contributed by atoms with Gasteiger partial charge >= 0.3 is 0 Å². The third kappa shape index (κ3) is 5.87. The summed E-state index contributed by atoms with van der Waals surface area (Å²) in [6.07, 6.45) is 0. The van der Waals surface area contributed by atoms with Gasteiger partial charge in [-0.05, 0) is 48.9 Å². The number of carbonyl (C=O) groups excluding carboxylic acids is 1. The number of ether oxygens (including phenoxy) is 2. The molecule has 2 aromatic carbocycles. The minimum atomic E-state index is 0.00621. The van der Waals surface area contributed by atoms with Crippen molar-refractivity contribution in [2.75, 3.05) is 19.5 Å². The van der Waals surface area contributed by atoms with Crippen LogP contribution in [0.1, 0.15) is 12.5 Å². The smallest absolute Gasteiger partial charge is 0.230 e. The third-order valence-corrected chi connectivity index (χ3v) is 4.14. The molecule has 0 saturated carbocycles. The van der Waals surface area contributed by atoms with Crippen molar-refractivity contribution >= 4 is 17.7 Å². The standard InChI is InChI=1S/C18H21NO3S/c1-3-22-15-7-9-17(10-8-15)23-13-18(20)19-12-14-5-4-6-16(11-14)21-2/h4-11H,3,12-13H2,1-2H3,(H,19,20). The predicted molar refractivity (Wildman–Crippen MR) is 93.2 cm³/mol. The van der Waals surface area contributed by atoms with Crippen LogP contribution in [0.15, 0.2) is 53.4 Å². The molecule has 0 radical (unpaired) electrons. The second-order valence-corrected chi connectivity index (χ2v) is 5.87. The van der Waals surface area contributed by atoms with Gasteiger partial charge < -0.3 is 14.8 Å². The monoisotopic (exact) mass is 331 g/mol. The number of amides is 1. The normalized spacial score (nSPS) is 10.2. The van der Waals surface area contributed by atoms with Crippen LogP contribution < -0.4 is 14.8 Å². The molecule has 0 aromatic heterocycles. The van der Waals surface area contributed by atoms with Crippen LogP contribution in [0.2, 0.25) is 0 Å². The molecule has 1 N–H and O–H groups in total. The molecule has 0 fully saturated rings. The number of carbonyl (C=O) groups is 1. The fourth-order valence-electron chi connectivity index (χ4n) is 1.98. The van der Waals surface area contributed by atoms with Crippen molar-refractivity contribution in [3.8, 4) is 11.5 Å². The summed E-state index contributed by atoms with van der Waals surface area (Å²) in [5.41, 5.74) is 1.02. The Hall–Kier alpha value is -2.14. The molecule has 0 atom stereocenters. The van der Waals surface area contributed by atoms with Gasteiger partial charge in [-0.3, -0.25) is 4.79 Å². The highest BCUT2D eigenvalue weighted by molar-refractivity contribution is 8.00. The maximum absolute atomic E-state index is 11.9. The van der Waals surface area contributed by atoms with Crippen LogP contribution in [-0.4, -0.2) is 25.4 Å². The Morgan fingerprint density at radius 2 is 1.91 bits per heavy atom. The van der Waals surface area contributed by atoms with Crippen LogP contribution in [-0.2, 0) is 11.3 Å². The van der Waals surface area contributed by atoms with Crippen LogP contribution in [0.25, 0.3) is 0 Å². The fourth-order valence-corrected chi connectivity index (χ4v) is 2.71. The van der Waals surface area contributed by atoms with Crippen LogP contribution >= 0.6 is 11.8 Å². The van der Waals surface area contributed by atoms with Crippen molar-refractivity contribution in [1.82, 2.24) is 5.32 Å². The second kappa shape index (κ2) is 9.10. The molecule has 0 saturated heterocycles. The first-order chi connectivity index (χ1) is 11.2. The summed E-state index contributed by atoms with van der Waals surface area (Å²) in [4.78, 5) is 13.0. The molecule has 2 rings (SSSR count). The summed E-state index contributed by atoms with van der Waals surface area (Å²) in [5.74, 6) is 2.03. The van der Waals surface area contributed by atoms with Gasteiger partial charge in [-0.1, -0.05) is 12.1 Å². The van der Waals surface area contributed by atoms with Crippen LogP contribution in [0, 0.1) is 0 Å². The molecule has 23 heavy (non-hydrogen) atoms. The molecule has 122 valence electrons. The minimum Gasteiger partial charge on any atom is -0.497 e. The van der Waals surface area contributed by atoms with Crippen LogP contribution in [0.5, 0.6) is 11.5 Å². The first kappa shape index (κ1) is 17.2. The van der Waals surface area contributed by atoms with Gasteiger partial charge in [-0.2, -0.15) is 0 Å². The lowest BCUT2D eigenvalue weighted by atomic mass is 10.2. The van der Waals surface area contributed by atoms with Crippen molar-refractivity contribution in [2.24, 2.45) is 0 Å². The Labute approximate surface area is 141 Å². The van der Waals surface area contributed by atoms with Gasteiger partial charge in [0.15, 0.2) is 0 Å². The van der Waals surface area contributed by atoms with Crippen molar-refractivity contribution in [3.05, 3.63) is 54.1 Å². The zero-order valence-corrected chi connectivity index (χ0v) is 14.2. The SMILES string of the molecule is CCOc1ccc(SCC(=O)NCc2cccc(OC)c2)cc1. The molecule has 1 amide bonds. The van der Waals surface area contributed by atoms with Gasteiger partial charge in [0.1, 0.15) is 11.5 Å². The largest absolute Gasteiger partial charge is 0.497 e. The Morgan fingerprint density at radius 3 is 2.61 bits per heavy atom. The van der Waals surface area contributed by atoms with Crippen molar-refractivity contribution in [3.63, 3.8) is 0 Å². The predicted octanol–water partition coefficient (Wildman–Crippen LogP) is 3.50. The van der Waals surface area contributed by atoms with Crippen molar-refractivity contribution < 1.29 is 14.3 Å². The highest BCUT2D eigenvalue weighted by atomic mass is 32.2. The number of hydrogen-bond donors (Lipinski definition) is 1. The second-order valence-electron chi connectivity index (χ2n) is 4.82. The topological polar surface area (TPSA) is 47.6 Å². The van der Waals surface area contributed by atoms with Crippen molar-refractivity contribution in [1.29, 1.82) is 0 Å². The summed E-state index contributed by atoms with van der Waals surface area (Å²) in [6, 6.07) is 15.4. The molecule has 4 nitrogen and oxygen atoms in total. The molecule has 0 aliphatic heterocycles. The van der Waals surface area contributed by atoms with E-state index in [-0.39, 0.29) is 5.91 Å². The number of benzene rings is 2. The average Bonchev–Trinajstić information content (AvgIpc) is 2.60. The van der Waals surface area contributed by atoms with Gasteiger partial charge in [-0.15, -0.1) is 11.8 Å². The van der Waals surface area contributed by atoms with Gasteiger partial charge in [0.25, 0.3) is 0 Å². The lowest BCUT2D eigenvalue weighted by Crippen LogP contribution is -2.24. The maximum Gasteiger partial charge on any atom is 0.230 e. The van der Waals surface area contributed by atoms with E-state index in [1.54, 1.807) is 7.11 Å². The van der Waals surface area contributed by atoms with Gasteiger partial charge in [0.05, 0.1) is 19.5 Å². The molecule has 5 heteroatoms. The first-order valence-electron chi connectivity index (χ1n) is 7.46. The Kier molecular flexibility index (Phi) is 6.81. The third-order valence-electron chi connectivity index (χ3n) is 3.13. The van der Waals surface area contributed by atoms with Crippen LogP contribution in [0.4, 0.5) is 0 Å². The van der Waals surface area contributed by atoms with Gasteiger partial charge in [-0.25, -0.2) is 0 Å². The van der Waals surface area contributed by atoms with E-state index in [0.29, 0.717) is 18.9 Å². The van der Waals surface area contributed by atoms with E-state index in [9.17, 15) is 4.79 Å². The van der Waals surface area contributed by atoms with Gasteiger partial charge in [0.2, 0.25) is 5.91 Å². The number of methoxy groups -OCH3 is 1. The summed E-state index contributed by atoms with van der Waals surface area (Å²) < 4.78 is 10.6. The Bertz CT molecular complexity index is 628. The van der Waals surface area contributed by atoms with Crippen molar-refractivity contribution in [2.45, 2.75) is 18.4 Å². The molecule has 0 aliphatic carbocycles. The summed E-state index contributed by atoms with van der Waals surface area (Å²) >= 11 is 1.51. The van der Waals surface area contributed by atoms with E-state index in [1.165, 1.54) is 11.8 Å². The van der Waals surface area contributed by atoms with E-state index in [1.807, 2.05) is 55.5 Å². The highest BCUT2D eigenvalue weighted by Gasteiger charge is 2.04. The zero-order chi connectivity index (χ0) is 16.5. The molecule has 0 bridgehead atoms. The quantitative estimate of drug-likeness (QED) is 0.752. The summed E-state index contributed by atoms with van der Waals surface area (Å²) in [7, 11) is 1.63. The number of thioether (sulfide) groups is 1. The summed E-state index contributed by atoms with van der Waals surface area (Å²) in [6.45, 7) is 3.11. The number of hydrogen-bond acceptors (Lipinski definition) is 4. The Morgan fingerprint density at radius 1 is 1.13 bits per heavy atom. The van der Waals surface area contributed by atoms with E-state index in [4.69, 9.17) is 9.47 Å². The zero-order valence-electron chi connectivity index (χ0n) is 13.4. The molecular weight excluding hydrogens is 310 g/mol. The fraction of sp³-hybridized carbons (Fsp3) is 0.278. The number of rotatable bonds is 8. The molecule has 0 spiro atoms. The van der Waals surface area contributed by atoms with E-state index in [0.717, 1.165) is 22.0 Å². The lowest BCUT2D eigenvalue weighted by Gasteiger charge is -2.07. The number of nitrogens with one attached hydrogen (secondary N) is 1. The molecular formula is C18H21NO3S. The van der Waals surface area contributed by atoms with Gasteiger partial charge in [0, 0.05) is 11.4 Å². The minimum absolute atomic E-state index is 0.00621. The first-order valence-corrected chi connectivity index (χ1v) is 8.45. The van der Waals surface area contributed by atoms with E-state index in [2.05, 4.69) is 5.32 Å². The summed E-state index contributed by atoms with van der Waals surface area (Å²) in [5, 5.41) is 2.91. The van der Waals surface area contributed by atoms with E-state index < -0.39 is 0 Å².